The summed E-state index contributed by atoms with van der Waals surface area (Å²) in [6.45, 7) is 6.41. The van der Waals surface area contributed by atoms with Crippen molar-refractivity contribution in [3.8, 4) is 11.1 Å². The van der Waals surface area contributed by atoms with Crippen LogP contribution in [0.25, 0.3) is 11.1 Å². The van der Waals surface area contributed by atoms with Crippen LogP contribution < -0.4 is 0 Å². The van der Waals surface area contributed by atoms with E-state index in [0.717, 1.165) is 22.3 Å². The van der Waals surface area contributed by atoms with Gasteiger partial charge in [0.2, 0.25) is 0 Å². The van der Waals surface area contributed by atoms with Crippen molar-refractivity contribution in [2.75, 3.05) is 19.7 Å². The number of piperidine rings is 1. The zero-order chi connectivity index (χ0) is 28.4. The van der Waals surface area contributed by atoms with Crippen molar-refractivity contribution in [3.63, 3.8) is 0 Å². The summed E-state index contributed by atoms with van der Waals surface area (Å²) in [5.74, 6) is -1.08. The number of amides is 2. The van der Waals surface area contributed by atoms with E-state index in [1.807, 2.05) is 45.0 Å². The summed E-state index contributed by atoms with van der Waals surface area (Å²) in [5, 5.41) is 12.8. The van der Waals surface area contributed by atoms with Crippen LogP contribution in [0.4, 0.5) is 9.59 Å². The van der Waals surface area contributed by atoms with Crippen LogP contribution >= 0.6 is 0 Å². The molecule has 2 aromatic carbocycles. The normalized spacial score (nSPS) is 15.3. The predicted octanol–water partition coefficient (Wildman–Crippen LogP) is 5.52. The van der Waals surface area contributed by atoms with E-state index in [2.05, 4.69) is 29.4 Å². The first-order chi connectivity index (χ1) is 19.1. The third-order valence-corrected chi connectivity index (χ3v) is 7.23. The molecular formula is C30H33N3O7. The summed E-state index contributed by atoms with van der Waals surface area (Å²) in [4.78, 5) is 40.6. The number of fused-ring (bicyclic) bond motifs is 3. The maximum Gasteiger partial charge on any atom is 0.410 e. The van der Waals surface area contributed by atoms with E-state index in [0.29, 0.717) is 25.9 Å². The van der Waals surface area contributed by atoms with E-state index >= 15 is 0 Å². The molecule has 2 heterocycles. The average molecular weight is 548 g/mol. The Hall–Kier alpha value is -4.34. The standard InChI is InChI=1S/C30H33N3O7/c1-30(2,3)39-28(36)32-14-12-19(13-15-32)33(17-20-16-26(27(34)35)31-40-20)29(37)38-18-25-23-10-6-4-8-21(23)22-9-5-7-11-24(22)25/h4-11,16,19,25H,12-15,17-18H2,1-3H3,(H,34,35). The first-order valence-corrected chi connectivity index (χ1v) is 13.4. The Balaban J connectivity index is 1.31. The smallest absolute Gasteiger partial charge is 0.410 e. The molecule has 10 heteroatoms. The molecule has 0 spiro atoms. The molecule has 3 aromatic rings. The van der Waals surface area contributed by atoms with Crippen LogP contribution in [-0.2, 0) is 16.0 Å². The molecular weight excluding hydrogens is 514 g/mol. The summed E-state index contributed by atoms with van der Waals surface area (Å²) in [7, 11) is 0. The topological polar surface area (TPSA) is 122 Å². The van der Waals surface area contributed by atoms with Crippen molar-refractivity contribution in [2.45, 2.75) is 57.7 Å². The Labute approximate surface area is 232 Å². The molecule has 2 amide bonds. The number of aromatic carboxylic acids is 1. The fourth-order valence-electron chi connectivity index (χ4n) is 5.36. The molecule has 0 unspecified atom stereocenters. The minimum absolute atomic E-state index is 0.00589. The van der Waals surface area contributed by atoms with Crippen LogP contribution in [0.15, 0.2) is 59.1 Å². The molecule has 0 atom stereocenters. The van der Waals surface area contributed by atoms with E-state index in [1.165, 1.54) is 6.07 Å². The molecule has 210 valence electrons. The zero-order valence-electron chi connectivity index (χ0n) is 22.8. The van der Waals surface area contributed by atoms with E-state index in [1.54, 1.807) is 9.80 Å². The van der Waals surface area contributed by atoms with Crippen molar-refractivity contribution in [1.82, 2.24) is 15.0 Å². The molecule has 1 saturated heterocycles. The Morgan fingerprint density at radius 3 is 2.17 bits per heavy atom. The molecule has 1 fully saturated rings. The number of ether oxygens (including phenoxy) is 2. The minimum Gasteiger partial charge on any atom is -0.476 e. The molecule has 10 nitrogen and oxygen atoms in total. The summed E-state index contributed by atoms with van der Waals surface area (Å²) < 4.78 is 16.6. The number of benzene rings is 2. The van der Waals surface area contributed by atoms with E-state index in [4.69, 9.17) is 14.0 Å². The summed E-state index contributed by atoms with van der Waals surface area (Å²) >= 11 is 0. The van der Waals surface area contributed by atoms with Crippen LogP contribution in [0.5, 0.6) is 0 Å². The van der Waals surface area contributed by atoms with Crippen LogP contribution in [-0.4, -0.2) is 69.6 Å². The van der Waals surface area contributed by atoms with Crippen molar-refractivity contribution >= 4 is 18.2 Å². The number of likely N-dealkylation sites (tertiary alicyclic amines) is 1. The number of carboxylic acid groups (broad SMARTS) is 1. The van der Waals surface area contributed by atoms with E-state index in [-0.39, 0.29) is 42.7 Å². The lowest BCUT2D eigenvalue weighted by molar-refractivity contribution is 0.0123. The summed E-state index contributed by atoms with van der Waals surface area (Å²) in [5.41, 5.74) is 3.64. The lowest BCUT2D eigenvalue weighted by atomic mass is 9.98. The van der Waals surface area contributed by atoms with Gasteiger partial charge in [0, 0.05) is 31.1 Å². The monoisotopic (exact) mass is 547 g/mol. The summed E-state index contributed by atoms with van der Waals surface area (Å²) in [6.07, 6.45) is 0.0815. The van der Waals surface area contributed by atoms with Crippen LogP contribution in [0.3, 0.4) is 0 Å². The number of nitrogens with zero attached hydrogens (tertiary/aromatic N) is 3. The van der Waals surface area contributed by atoms with E-state index in [9.17, 15) is 19.5 Å². The Kier molecular flexibility index (Phi) is 7.51. The minimum atomic E-state index is -1.21. The van der Waals surface area contributed by atoms with Gasteiger partial charge in [0.1, 0.15) is 12.2 Å². The predicted molar refractivity (Wildman–Crippen MR) is 145 cm³/mol. The summed E-state index contributed by atoms with van der Waals surface area (Å²) in [6, 6.07) is 17.3. The first kappa shape index (κ1) is 27.2. The Morgan fingerprint density at radius 2 is 1.62 bits per heavy atom. The number of hydrogen-bond donors (Lipinski definition) is 1. The highest BCUT2D eigenvalue weighted by molar-refractivity contribution is 5.85. The second kappa shape index (κ2) is 11.0. The van der Waals surface area contributed by atoms with Gasteiger partial charge >= 0.3 is 18.2 Å². The van der Waals surface area contributed by atoms with Gasteiger partial charge in [-0.3, -0.25) is 4.90 Å². The third-order valence-electron chi connectivity index (χ3n) is 7.23. The highest BCUT2D eigenvalue weighted by atomic mass is 16.6. The largest absolute Gasteiger partial charge is 0.476 e. The molecule has 2 aliphatic rings. The third kappa shape index (κ3) is 5.80. The first-order valence-electron chi connectivity index (χ1n) is 13.4. The van der Waals surface area contributed by atoms with Crippen LogP contribution in [0.1, 0.15) is 66.9 Å². The number of aromatic nitrogens is 1. The molecule has 0 bridgehead atoms. The SMILES string of the molecule is CC(C)(C)OC(=O)N1CCC(N(Cc2cc(C(=O)O)no2)C(=O)OCC2c3ccccc3-c3ccccc32)CC1. The molecule has 1 N–H and O–H groups in total. The number of carboxylic acids is 1. The maximum atomic E-state index is 13.6. The van der Waals surface area contributed by atoms with Gasteiger partial charge in [-0.2, -0.15) is 0 Å². The van der Waals surface area contributed by atoms with Gasteiger partial charge in [-0.25, -0.2) is 14.4 Å². The van der Waals surface area contributed by atoms with Gasteiger partial charge in [0.15, 0.2) is 11.5 Å². The van der Waals surface area contributed by atoms with Crippen LogP contribution in [0.2, 0.25) is 0 Å². The van der Waals surface area contributed by atoms with Crippen molar-refractivity contribution < 1.29 is 33.5 Å². The van der Waals surface area contributed by atoms with Crippen molar-refractivity contribution in [3.05, 3.63) is 77.2 Å². The quantitative estimate of drug-likeness (QED) is 0.428. The molecule has 40 heavy (non-hydrogen) atoms. The number of carbonyl (C=O) groups excluding carboxylic acids is 2. The van der Waals surface area contributed by atoms with Gasteiger partial charge in [0.25, 0.3) is 0 Å². The van der Waals surface area contributed by atoms with Gasteiger partial charge in [-0.1, -0.05) is 53.7 Å². The molecule has 1 aliphatic carbocycles. The van der Waals surface area contributed by atoms with Gasteiger partial charge < -0.3 is 24.0 Å². The second-order valence-corrected chi connectivity index (χ2v) is 11.1. The lowest BCUT2D eigenvalue weighted by Gasteiger charge is -2.38. The van der Waals surface area contributed by atoms with Crippen molar-refractivity contribution in [1.29, 1.82) is 0 Å². The molecule has 1 aromatic heterocycles. The Morgan fingerprint density at radius 1 is 1.02 bits per heavy atom. The maximum absolute atomic E-state index is 13.6. The molecule has 0 radical (unpaired) electrons. The van der Waals surface area contributed by atoms with Gasteiger partial charge in [-0.15, -0.1) is 0 Å². The number of hydrogen-bond acceptors (Lipinski definition) is 7. The molecule has 5 rings (SSSR count). The van der Waals surface area contributed by atoms with Gasteiger partial charge in [0.05, 0.1) is 6.54 Å². The second-order valence-electron chi connectivity index (χ2n) is 11.1. The number of rotatable bonds is 6. The fourth-order valence-corrected chi connectivity index (χ4v) is 5.36. The fraction of sp³-hybridized carbons (Fsp3) is 0.400. The highest BCUT2D eigenvalue weighted by Crippen LogP contribution is 2.44. The molecule has 0 saturated carbocycles. The van der Waals surface area contributed by atoms with Crippen molar-refractivity contribution in [2.24, 2.45) is 0 Å². The van der Waals surface area contributed by atoms with E-state index < -0.39 is 17.7 Å². The van der Waals surface area contributed by atoms with Crippen LogP contribution in [0, 0.1) is 0 Å². The van der Waals surface area contributed by atoms with Gasteiger partial charge in [-0.05, 0) is 55.9 Å². The average Bonchev–Trinajstić information content (AvgIpc) is 3.53. The lowest BCUT2D eigenvalue weighted by Crippen LogP contribution is -2.49. The molecule has 1 aliphatic heterocycles. The zero-order valence-corrected chi connectivity index (χ0v) is 22.8. The number of carbonyl (C=O) groups is 3. The highest BCUT2D eigenvalue weighted by Gasteiger charge is 2.35. The Bertz CT molecular complexity index is 1360.